The van der Waals surface area contributed by atoms with E-state index >= 15 is 0 Å². The summed E-state index contributed by atoms with van der Waals surface area (Å²) in [6.07, 6.45) is 1.14. The van der Waals surface area contributed by atoms with Crippen LogP contribution in [0.3, 0.4) is 0 Å². The van der Waals surface area contributed by atoms with E-state index in [4.69, 9.17) is 9.47 Å². The molecular weight excluding hydrogens is 215 g/mol. The van der Waals surface area contributed by atoms with Gasteiger partial charge >= 0.3 is 0 Å². The van der Waals surface area contributed by atoms with Crippen LogP contribution in [0, 0.1) is 5.82 Å². The first-order valence-electron chi connectivity index (χ1n) is 4.43. The van der Waals surface area contributed by atoms with Crippen LogP contribution in [0.2, 0.25) is 0 Å². The molecule has 1 N–H and O–H groups in total. The molecule has 0 unspecified atom stereocenters. The molecule has 84 valence electrons. The standard InChI is InChI=1S/C10H9FN2O3/c1-15-6-3-5-7(8(11)9(6)16-2)10(14)13-4-12-5/h3-4H,1-2H3,(H,12,13,14). The molecule has 0 spiro atoms. The van der Waals surface area contributed by atoms with Crippen LogP contribution in [0.1, 0.15) is 0 Å². The van der Waals surface area contributed by atoms with Crippen molar-refractivity contribution in [1.29, 1.82) is 0 Å². The molecule has 0 bridgehead atoms. The maximum absolute atomic E-state index is 13.9. The lowest BCUT2D eigenvalue weighted by molar-refractivity contribution is 0.339. The minimum Gasteiger partial charge on any atom is -0.493 e. The molecule has 0 aliphatic carbocycles. The second kappa shape index (κ2) is 3.80. The maximum atomic E-state index is 13.9. The number of halogens is 1. The van der Waals surface area contributed by atoms with Crippen LogP contribution < -0.4 is 9.47 Å². The number of hydrogen-bond acceptors (Lipinski definition) is 5. The number of rotatable bonds is 2. The zero-order chi connectivity index (χ0) is 11.7. The summed E-state index contributed by atoms with van der Waals surface area (Å²) in [6.45, 7) is 0. The van der Waals surface area contributed by atoms with Crippen molar-refractivity contribution < 1.29 is 19.0 Å². The Hall–Kier alpha value is -2.11. The molecule has 0 saturated heterocycles. The van der Waals surface area contributed by atoms with Gasteiger partial charge in [-0.05, 0) is 0 Å². The lowest BCUT2D eigenvalue weighted by atomic mass is 10.2. The summed E-state index contributed by atoms with van der Waals surface area (Å²) in [4.78, 5) is 7.35. The summed E-state index contributed by atoms with van der Waals surface area (Å²) in [5.74, 6) is -1.04. The van der Waals surface area contributed by atoms with E-state index in [0.717, 1.165) is 6.33 Å². The number of nitrogens with zero attached hydrogens (tertiary/aromatic N) is 2. The summed E-state index contributed by atoms with van der Waals surface area (Å²) in [5, 5.41) is 9.36. The lowest BCUT2D eigenvalue weighted by Gasteiger charge is -2.10. The molecule has 2 rings (SSSR count). The number of methoxy groups -OCH3 is 2. The van der Waals surface area contributed by atoms with Gasteiger partial charge in [-0.1, -0.05) is 0 Å². The van der Waals surface area contributed by atoms with Crippen LogP contribution in [-0.4, -0.2) is 29.3 Å². The quantitative estimate of drug-likeness (QED) is 0.837. The van der Waals surface area contributed by atoms with Crippen LogP contribution in [0.4, 0.5) is 4.39 Å². The summed E-state index contributed by atoms with van der Waals surface area (Å²) in [5.41, 5.74) is 0.252. The second-order valence-corrected chi connectivity index (χ2v) is 3.02. The van der Waals surface area contributed by atoms with Crippen molar-refractivity contribution in [3.8, 4) is 17.4 Å². The Balaban J connectivity index is 2.88. The Labute approximate surface area is 90.5 Å². The van der Waals surface area contributed by atoms with Crippen LogP contribution in [-0.2, 0) is 0 Å². The molecule has 1 aromatic carbocycles. The molecule has 1 aromatic heterocycles. The van der Waals surface area contributed by atoms with Crippen LogP contribution in [0.5, 0.6) is 17.4 Å². The van der Waals surface area contributed by atoms with E-state index in [0.29, 0.717) is 0 Å². The Morgan fingerprint density at radius 3 is 2.62 bits per heavy atom. The van der Waals surface area contributed by atoms with E-state index in [1.54, 1.807) is 0 Å². The van der Waals surface area contributed by atoms with Crippen molar-refractivity contribution in [2.75, 3.05) is 14.2 Å². The minimum absolute atomic E-state index is 0.0832. The van der Waals surface area contributed by atoms with Crippen molar-refractivity contribution in [3.05, 3.63) is 18.2 Å². The number of ether oxygens (including phenoxy) is 2. The molecule has 1 heterocycles. The first-order valence-corrected chi connectivity index (χ1v) is 4.43. The highest BCUT2D eigenvalue weighted by molar-refractivity contribution is 5.87. The topological polar surface area (TPSA) is 64.5 Å². The molecule has 5 nitrogen and oxygen atoms in total. The van der Waals surface area contributed by atoms with Crippen molar-refractivity contribution in [2.45, 2.75) is 0 Å². The third kappa shape index (κ3) is 1.39. The van der Waals surface area contributed by atoms with E-state index in [2.05, 4.69) is 9.97 Å². The van der Waals surface area contributed by atoms with Gasteiger partial charge in [-0.2, -0.15) is 0 Å². The lowest BCUT2D eigenvalue weighted by Crippen LogP contribution is -1.96. The number of benzene rings is 1. The molecule has 16 heavy (non-hydrogen) atoms. The fourth-order valence-electron chi connectivity index (χ4n) is 1.46. The van der Waals surface area contributed by atoms with Gasteiger partial charge in [0.25, 0.3) is 0 Å². The average molecular weight is 224 g/mol. The fourth-order valence-corrected chi connectivity index (χ4v) is 1.46. The van der Waals surface area contributed by atoms with Gasteiger partial charge in [-0.3, -0.25) is 0 Å². The summed E-state index contributed by atoms with van der Waals surface area (Å²) < 4.78 is 23.8. The van der Waals surface area contributed by atoms with Gasteiger partial charge in [0, 0.05) is 6.07 Å². The summed E-state index contributed by atoms with van der Waals surface area (Å²) in [6, 6.07) is 1.47. The SMILES string of the molecule is COc1cc2ncnc(O)c2c(F)c1OC. The van der Waals surface area contributed by atoms with Crippen LogP contribution in [0.25, 0.3) is 10.9 Å². The molecule has 2 aromatic rings. The largest absolute Gasteiger partial charge is 0.493 e. The van der Waals surface area contributed by atoms with Gasteiger partial charge < -0.3 is 14.6 Å². The molecule has 0 fully saturated rings. The smallest absolute Gasteiger partial charge is 0.225 e. The summed E-state index contributed by atoms with van der Waals surface area (Å²) >= 11 is 0. The van der Waals surface area contributed by atoms with Crippen molar-refractivity contribution in [2.24, 2.45) is 0 Å². The normalized spacial score (nSPS) is 10.4. The first kappa shape index (κ1) is 10.4. The number of fused-ring (bicyclic) bond motifs is 1. The highest BCUT2D eigenvalue weighted by Gasteiger charge is 2.18. The third-order valence-corrected chi connectivity index (χ3v) is 2.19. The van der Waals surface area contributed by atoms with Gasteiger partial charge in [-0.15, -0.1) is 0 Å². The van der Waals surface area contributed by atoms with Gasteiger partial charge in [-0.25, -0.2) is 14.4 Å². The van der Waals surface area contributed by atoms with E-state index < -0.39 is 11.7 Å². The van der Waals surface area contributed by atoms with E-state index in [-0.39, 0.29) is 22.4 Å². The van der Waals surface area contributed by atoms with Crippen LogP contribution >= 0.6 is 0 Å². The van der Waals surface area contributed by atoms with Crippen molar-refractivity contribution >= 4 is 10.9 Å². The zero-order valence-corrected chi connectivity index (χ0v) is 8.69. The number of aromatic hydroxyl groups is 1. The van der Waals surface area contributed by atoms with E-state index in [9.17, 15) is 9.50 Å². The number of aromatic nitrogens is 2. The van der Waals surface area contributed by atoms with Crippen LogP contribution in [0.15, 0.2) is 12.4 Å². The second-order valence-electron chi connectivity index (χ2n) is 3.02. The Kier molecular flexibility index (Phi) is 2.47. The molecular formula is C10H9FN2O3. The molecule has 0 aliphatic heterocycles. The van der Waals surface area contributed by atoms with Gasteiger partial charge in [0.2, 0.25) is 5.88 Å². The molecule has 0 atom stereocenters. The molecule has 0 amide bonds. The Bertz CT molecular complexity index is 545. The summed E-state index contributed by atoms with van der Waals surface area (Å²) in [7, 11) is 2.71. The van der Waals surface area contributed by atoms with Gasteiger partial charge in [0.1, 0.15) is 11.7 Å². The highest BCUT2D eigenvalue weighted by atomic mass is 19.1. The predicted octanol–water partition coefficient (Wildman–Crippen LogP) is 1.49. The zero-order valence-electron chi connectivity index (χ0n) is 8.69. The van der Waals surface area contributed by atoms with E-state index in [1.165, 1.54) is 20.3 Å². The van der Waals surface area contributed by atoms with E-state index in [1.807, 2.05) is 0 Å². The van der Waals surface area contributed by atoms with Crippen molar-refractivity contribution in [3.63, 3.8) is 0 Å². The molecule has 0 aliphatic rings. The molecule has 6 heteroatoms. The maximum Gasteiger partial charge on any atom is 0.225 e. The molecule has 0 saturated carbocycles. The minimum atomic E-state index is -0.741. The van der Waals surface area contributed by atoms with Gasteiger partial charge in [0.05, 0.1) is 19.7 Å². The van der Waals surface area contributed by atoms with Crippen molar-refractivity contribution in [1.82, 2.24) is 9.97 Å². The number of hydrogen-bond donors (Lipinski definition) is 1. The monoisotopic (exact) mass is 224 g/mol. The van der Waals surface area contributed by atoms with Gasteiger partial charge in [0.15, 0.2) is 17.3 Å². The fraction of sp³-hybridized carbons (Fsp3) is 0.200. The Morgan fingerprint density at radius 2 is 2.00 bits per heavy atom. The first-order chi connectivity index (χ1) is 7.69. The highest BCUT2D eigenvalue weighted by Crippen LogP contribution is 2.37. The average Bonchev–Trinajstić information content (AvgIpc) is 2.28. The predicted molar refractivity (Wildman–Crippen MR) is 54.3 cm³/mol. The third-order valence-electron chi connectivity index (χ3n) is 2.19. The molecule has 0 radical (unpaired) electrons. The Morgan fingerprint density at radius 1 is 1.25 bits per heavy atom.